The average molecular weight is 541 g/mol. The van der Waals surface area contributed by atoms with Crippen LogP contribution in [0.15, 0.2) is 48.7 Å². The number of cyclic esters (lactones) is 1. The topological polar surface area (TPSA) is 158 Å². The van der Waals surface area contributed by atoms with Gasteiger partial charge in [-0.05, 0) is 37.0 Å². The zero-order valence-electron chi connectivity index (χ0n) is 22.7. The number of aliphatic hydroxyl groups excluding tert-OH is 1. The molecule has 1 aliphatic heterocycles. The Kier molecular flexibility index (Phi) is 9.63. The molecule has 6 atom stereocenters. The number of nitrogens with zero attached hydrogens (tertiary/aromatic N) is 2. The van der Waals surface area contributed by atoms with Crippen LogP contribution >= 0.6 is 0 Å². The van der Waals surface area contributed by atoms with E-state index in [-0.39, 0.29) is 23.8 Å². The third-order valence-corrected chi connectivity index (χ3v) is 6.92. The Labute approximate surface area is 227 Å². The second kappa shape index (κ2) is 12.7. The normalized spacial score (nSPS) is 26.7. The van der Waals surface area contributed by atoms with Crippen molar-refractivity contribution in [1.29, 1.82) is 0 Å². The molecule has 0 saturated carbocycles. The first-order chi connectivity index (χ1) is 18.4. The number of benzene rings is 1. The van der Waals surface area contributed by atoms with Gasteiger partial charge in [-0.15, -0.1) is 0 Å². The summed E-state index contributed by atoms with van der Waals surface area (Å²) in [4.78, 5) is 58.3. The van der Waals surface area contributed by atoms with Gasteiger partial charge >= 0.3 is 5.97 Å². The molecular formula is C28H36N4O7. The Morgan fingerprint density at radius 3 is 2.41 bits per heavy atom. The Bertz CT molecular complexity index is 1190. The lowest BCUT2D eigenvalue weighted by atomic mass is 9.90. The highest BCUT2D eigenvalue weighted by Gasteiger charge is 2.42. The zero-order chi connectivity index (χ0) is 28.9. The van der Waals surface area contributed by atoms with Gasteiger partial charge < -0.3 is 30.5 Å². The second-order valence-electron chi connectivity index (χ2n) is 10.2. The van der Waals surface area contributed by atoms with E-state index in [0.717, 1.165) is 5.56 Å². The molecule has 0 aliphatic carbocycles. The molecule has 1 aromatic heterocycles. The monoisotopic (exact) mass is 540 g/mol. The molecule has 1 aromatic carbocycles. The van der Waals surface area contributed by atoms with E-state index in [1.54, 1.807) is 13.8 Å². The predicted molar refractivity (Wildman–Crippen MR) is 141 cm³/mol. The van der Waals surface area contributed by atoms with Crippen LogP contribution in [0.2, 0.25) is 0 Å². The van der Waals surface area contributed by atoms with Gasteiger partial charge in [0.15, 0.2) is 5.69 Å². The first-order valence-electron chi connectivity index (χ1n) is 12.9. The van der Waals surface area contributed by atoms with Gasteiger partial charge in [-0.3, -0.25) is 14.4 Å². The Hall–Kier alpha value is -3.99. The van der Waals surface area contributed by atoms with Crippen molar-refractivity contribution < 1.29 is 34.1 Å². The number of likely N-dealkylation sites (N-methyl/N-ethyl adjacent to an activating group) is 1. The van der Waals surface area contributed by atoms with E-state index in [9.17, 15) is 29.4 Å². The molecule has 3 amide bonds. The minimum atomic E-state index is -1.41. The maximum Gasteiger partial charge on any atom is 0.329 e. The van der Waals surface area contributed by atoms with E-state index < -0.39 is 59.9 Å². The van der Waals surface area contributed by atoms with Gasteiger partial charge in [0, 0.05) is 13.2 Å². The van der Waals surface area contributed by atoms with Crippen molar-refractivity contribution in [2.75, 3.05) is 7.05 Å². The van der Waals surface area contributed by atoms with Gasteiger partial charge in [-0.25, -0.2) is 9.78 Å². The summed E-state index contributed by atoms with van der Waals surface area (Å²) in [5.74, 6) is -4.55. The molecule has 0 radical (unpaired) electrons. The number of hydrogen-bond acceptors (Lipinski definition) is 8. The summed E-state index contributed by atoms with van der Waals surface area (Å²) in [7, 11) is 1.47. The molecule has 0 spiro atoms. The average Bonchev–Trinajstić information content (AvgIpc) is 2.89. The van der Waals surface area contributed by atoms with E-state index >= 15 is 0 Å². The third kappa shape index (κ3) is 6.91. The fourth-order valence-corrected chi connectivity index (χ4v) is 4.73. The smallest absolute Gasteiger partial charge is 0.329 e. The number of rotatable bonds is 5. The van der Waals surface area contributed by atoms with Gasteiger partial charge in [-0.1, -0.05) is 51.1 Å². The molecule has 1 fully saturated rings. The molecule has 210 valence electrons. The Balaban J connectivity index is 2.03. The first-order valence-corrected chi connectivity index (χ1v) is 12.9. The number of nitrogens with one attached hydrogen (secondary N) is 2. The van der Waals surface area contributed by atoms with E-state index in [4.69, 9.17) is 4.74 Å². The Morgan fingerprint density at radius 2 is 1.79 bits per heavy atom. The van der Waals surface area contributed by atoms with Gasteiger partial charge in [0.05, 0.1) is 18.1 Å². The van der Waals surface area contributed by atoms with Crippen molar-refractivity contribution in [3.8, 4) is 5.75 Å². The summed E-state index contributed by atoms with van der Waals surface area (Å²) in [5.41, 5.74) is 0.496. The molecule has 1 unspecified atom stereocenters. The lowest BCUT2D eigenvalue weighted by molar-refractivity contribution is -0.164. The van der Waals surface area contributed by atoms with E-state index in [1.165, 1.54) is 44.1 Å². The number of pyridine rings is 1. The largest absolute Gasteiger partial charge is 0.505 e. The van der Waals surface area contributed by atoms with Crippen LogP contribution in [0.4, 0.5) is 0 Å². The maximum absolute atomic E-state index is 13.6. The van der Waals surface area contributed by atoms with Crippen molar-refractivity contribution >= 4 is 23.7 Å². The number of aromatic hydroxyl groups is 1. The molecule has 0 bridgehead atoms. The highest BCUT2D eigenvalue weighted by atomic mass is 16.5. The summed E-state index contributed by atoms with van der Waals surface area (Å²) in [6.07, 6.45) is -0.992. The number of hydrogen-bond donors (Lipinski definition) is 4. The second-order valence-corrected chi connectivity index (χ2v) is 10.2. The fraction of sp³-hybridized carbons (Fsp3) is 0.464. The van der Waals surface area contributed by atoms with Crippen LogP contribution in [0, 0.1) is 11.8 Å². The number of carbonyl (C=O) groups is 4. The van der Waals surface area contributed by atoms with Crippen LogP contribution < -0.4 is 10.6 Å². The van der Waals surface area contributed by atoms with Crippen molar-refractivity contribution in [2.24, 2.45) is 11.8 Å². The molecule has 4 N–H and O–H groups in total. The van der Waals surface area contributed by atoms with E-state index in [0.29, 0.717) is 0 Å². The molecule has 1 saturated heterocycles. The quantitative estimate of drug-likeness (QED) is 0.410. The van der Waals surface area contributed by atoms with Crippen LogP contribution in [0.5, 0.6) is 5.75 Å². The molecule has 11 nitrogen and oxygen atoms in total. The SMILES string of the molecule is CC(C)C1C(=O)O[C@H](C)[C@H](NC(=O)c2ncccc2O)C(=O)N[C@@H](Cc2ccccc2)[C@@H](O)[C@@H](C)C(=O)N1C. The summed E-state index contributed by atoms with van der Waals surface area (Å²) in [6.45, 7) is 6.48. The summed E-state index contributed by atoms with van der Waals surface area (Å²) >= 11 is 0. The third-order valence-electron chi connectivity index (χ3n) is 6.92. The van der Waals surface area contributed by atoms with Crippen molar-refractivity contribution in [3.63, 3.8) is 0 Å². The van der Waals surface area contributed by atoms with Crippen molar-refractivity contribution in [3.05, 3.63) is 59.9 Å². The van der Waals surface area contributed by atoms with E-state index in [1.807, 2.05) is 30.3 Å². The molecule has 2 aromatic rings. The van der Waals surface area contributed by atoms with Crippen LogP contribution in [0.1, 0.15) is 43.7 Å². The van der Waals surface area contributed by atoms with Crippen LogP contribution in [-0.4, -0.2) is 81.2 Å². The van der Waals surface area contributed by atoms with Crippen LogP contribution in [0.3, 0.4) is 0 Å². The van der Waals surface area contributed by atoms with Crippen LogP contribution in [0.25, 0.3) is 0 Å². The number of esters is 1. The van der Waals surface area contributed by atoms with Gasteiger partial charge in [-0.2, -0.15) is 0 Å². The number of ether oxygens (including phenoxy) is 1. The molecule has 1 aliphatic rings. The predicted octanol–water partition coefficient (Wildman–Crippen LogP) is 1.04. The summed E-state index contributed by atoms with van der Waals surface area (Å²) in [5, 5.41) is 26.7. The highest BCUT2D eigenvalue weighted by molar-refractivity contribution is 5.98. The molecular weight excluding hydrogens is 504 g/mol. The van der Waals surface area contributed by atoms with E-state index in [2.05, 4.69) is 15.6 Å². The molecule has 11 heteroatoms. The minimum Gasteiger partial charge on any atom is -0.505 e. The number of carbonyl (C=O) groups excluding carboxylic acids is 4. The van der Waals surface area contributed by atoms with Crippen LogP contribution in [-0.2, 0) is 25.5 Å². The van der Waals surface area contributed by atoms with Gasteiger partial charge in [0.1, 0.15) is 23.9 Å². The zero-order valence-corrected chi connectivity index (χ0v) is 22.7. The Morgan fingerprint density at radius 1 is 1.13 bits per heavy atom. The highest BCUT2D eigenvalue weighted by Crippen LogP contribution is 2.22. The number of amides is 3. The minimum absolute atomic E-state index is 0.193. The van der Waals surface area contributed by atoms with Crippen molar-refractivity contribution in [2.45, 2.75) is 64.4 Å². The van der Waals surface area contributed by atoms with Gasteiger partial charge in [0.25, 0.3) is 5.91 Å². The van der Waals surface area contributed by atoms with Gasteiger partial charge in [0.2, 0.25) is 11.8 Å². The lowest BCUT2D eigenvalue weighted by Gasteiger charge is -2.37. The summed E-state index contributed by atoms with van der Waals surface area (Å²) < 4.78 is 5.63. The fourth-order valence-electron chi connectivity index (χ4n) is 4.73. The first kappa shape index (κ1) is 29.6. The van der Waals surface area contributed by atoms with Crippen molar-refractivity contribution in [1.82, 2.24) is 20.5 Å². The lowest BCUT2D eigenvalue weighted by Crippen LogP contribution is -2.61. The molecule has 39 heavy (non-hydrogen) atoms. The standard InChI is InChI=1S/C28H36N4O7/c1-15(2)23-28(38)39-17(4)21(31-26(36)22-20(33)12-9-13-29-22)25(35)30-19(14-18-10-7-6-8-11-18)24(34)16(3)27(37)32(23)5/h6-13,15-17,19,21,23-24,33-34H,14H2,1-5H3,(H,30,35)(H,31,36)/t16-,17-,19+,21+,23?,24+/m1/s1. The molecule has 2 heterocycles. The summed E-state index contributed by atoms with van der Waals surface area (Å²) in [6, 6.07) is 8.52. The number of aliphatic hydroxyl groups is 1. The maximum atomic E-state index is 13.6. The number of aromatic nitrogens is 1. The molecule has 3 rings (SSSR count).